The summed E-state index contributed by atoms with van der Waals surface area (Å²) in [5.41, 5.74) is 1.67. The van der Waals surface area contributed by atoms with Crippen LogP contribution in [0.25, 0.3) is 21.3 Å². The summed E-state index contributed by atoms with van der Waals surface area (Å²) >= 11 is 3.02. The number of fused-ring (bicyclic) bond motifs is 1. The second-order valence-electron chi connectivity index (χ2n) is 8.02. The molecule has 0 unspecified atom stereocenters. The van der Waals surface area contributed by atoms with Crippen molar-refractivity contribution in [2.75, 3.05) is 7.11 Å². The van der Waals surface area contributed by atoms with Gasteiger partial charge >= 0.3 is 6.18 Å². The maximum absolute atomic E-state index is 12.9. The third kappa shape index (κ3) is 6.32. The van der Waals surface area contributed by atoms with Crippen molar-refractivity contribution in [1.29, 1.82) is 0 Å². The second kappa shape index (κ2) is 10.9. The van der Waals surface area contributed by atoms with Gasteiger partial charge in [0.15, 0.2) is 6.10 Å². The fourth-order valence-corrected chi connectivity index (χ4v) is 5.06. The van der Waals surface area contributed by atoms with E-state index < -0.39 is 12.3 Å². The number of aromatic nitrogens is 2. The number of pyridine rings is 2. The molecule has 184 valence electrons. The molecule has 1 aliphatic carbocycles. The summed E-state index contributed by atoms with van der Waals surface area (Å²) < 4.78 is 45.0. The molecule has 10 heteroatoms. The Balaban J connectivity index is 0.000000514. The van der Waals surface area contributed by atoms with Gasteiger partial charge in [-0.3, -0.25) is 15.1 Å². The van der Waals surface area contributed by atoms with Gasteiger partial charge < -0.3 is 9.84 Å². The molecule has 0 saturated heterocycles. The molecule has 3 aromatic heterocycles. The average Bonchev–Trinajstić information content (AvgIpc) is 3.62. The van der Waals surface area contributed by atoms with Crippen LogP contribution in [0.5, 0.6) is 5.75 Å². The molecular weight excluding hydrogens is 495 g/mol. The van der Waals surface area contributed by atoms with Crippen LogP contribution >= 0.6 is 23.3 Å². The van der Waals surface area contributed by atoms with Gasteiger partial charge in [-0.25, -0.2) is 0 Å². The number of benzene rings is 1. The molecule has 0 aliphatic heterocycles. The normalized spacial score (nSPS) is 14.3. The van der Waals surface area contributed by atoms with Gasteiger partial charge in [-0.05, 0) is 54.1 Å². The van der Waals surface area contributed by atoms with E-state index in [0.29, 0.717) is 23.4 Å². The summed E-state index contributed by atoms with van der Waals surface area (Å²) in [4.78, 5) is 9.67. The Hall–Kier alpha value is -2.66. The highest BCUT2D eigenvalue weighted by Gasteiger charge is 2.39. The van der Waals surface area contributed by atoms with Gasteiger partial charge in [-0.1, -0.05) is 30.1 Å². The number of ether oxygens (including phenoxy) is 1. The van der Waals surface area contributed by atoms with Crippen LogP contribution in [0, 0.1) is 0 Å². The van der Waals surface area contributed by atoms with Crippen molar-refractivity contribution in [2.45, 2.75) is 36.8 Å². The lowest BCUT2D eigenvalue weighted by Crippen LogP contribution is -2.20. The fourth-order valence-electron chi connectivity index (χ4n) is 3.47. The minimum absolute atomic E-state index is 0.237. The van der Waals surface area contributed by atoms with Crippen molar-refractivity contribution in [1.82, 2.24) is 9.97 Å². The molecule has 1 aromatic carbocycles. The van der Waals surface area contributed by atoms with Gasteiger partial charge in [0.2, 0.25) is 0 Å². The quantitative estimate of drug-likeness (QED) is 0.291. The van der Waals surface area contributed by atoms with Crippen LogP contribution in [0.3, 0.4) is 0 Å². The summed E-state index contributed by atoms with van der Waals surface area (Å²) in [7, 11) is 1.59. The topological polar surface area (TPSA) is 81.3 Å². The van der Waals surface area contributed by atoms with Crippen LogP contribution in [-0.4, -0.2) is 33.6 Å². The maximum atomic E-state index is 12.9. The predicted octanol–water partition coefficient (Wildman–Crippen LogP) is 6.31. The average molecular weight is 520 g/mol. The number of aliphatic hydroxyl groups is 1. The highest BCUT2D eigenvalue weighted by molar-refractivity contribution is 7.97. The number of rotatable bonds is 6. The molecule has 0 radical (unpaired) electrons. The number of nitrogens with zero attached hydrogens (tertiary/aromatic N) is 2. The molecule has 0 spiro atoms. The van der Waals surface area contributed by atoms with Crippen molar-refractivity contribution in [3.63, 3.8) is 0 Å². The minimum Gasteiger partial charge on any atom is -0.495 e. The Morgan fingerprint density at radius 2 is 1.94 bits per heavy atom. The largest absolute Gasteiger partial charge is 0.495 e. The SMILES string of the molecule is COc1cccnc1Cc1cc2cccc(-c3cc([C@@H](O)C(F)(F)F)ccn3)c2s1.NSC1CC1. The van der Waals surface area contributed by atoms with E-state index in [1.807, 2.05) is 30.3 Å². The maximum Gasteiger partial charge on any atom is 0.418 e. The molecule has 1 saturated carbocycles. The number of nitrogens with two attached hydrogens (primary N) is 1. The summed E-state index contributed by atoms with van der Waals surface area (Å²) in [6, 6.07) is 13.7. The molecule has 0 bridgehead atoms. The van der Waals surface area contributed by atoms with Crippen LogP contribution in [0.1, 0.15) is 35.1 Å². The molecular formula is C25H24F3N3O2S2. The summed E-state index contributed by atoms with van der Waals surface area (Å²) in [5.74, 6) is 0.700. The van der Waals surface area contributed by atoms with Crippen molar-refractivity contribution in [3.8, 4) is 17.0 Å². The van der Waals surface area contributed by atoms with E-state index in [2.05, 4.69) is 9.97 Å². The van der Waals surface area contributed by atoms with E-state index >= 15 is 0 Å². The number of aliphatic hydroxyl groups excluding tert-OH is 1. The van der Waals surface area contributed by atoms with Gasteiger partial charge in [0.1, 0.15) is 5.75 Å². The van der Waals surface area contributed by atoms with Crippen molar-refractivity contribution in [3.05, 3.63) is 77.1 Å². The van der Waals surface area contributed by atoms with Crippen molar-refractivity contribution >= 4 is 33.4 Å². The number of alkyl halides is 3. The first-order chi connectivity index (χ1) is 16.8. The second-order valence-corrected chi connectivity index (χ2v) is 10.1. The first-order valence-corrected chi connectivity index (χ1v) is 12.6. The van der Waals surface area contributed by atoms with E-state index in [1.165, 1.54) is 54.5 Å². The Labute approximate surface area is 209 Å². The zero-order valence-corrected chi connectivity index (χ0v) is 20.5. The Morgan fingerprint density at radius 1 is 1.14 bits per heavy atom. The number of hydrogen-bond acceptors (Lipinski definition) is 7. The summed E-state index contributed by atoms with van der Waals surface area (Å²) in [6.07, 6.45) is -1.02. The number of thiophene rings is 1. The Morgan fingerprint density at radius 3 is 2.60 bits per heavy atom. The lowest BCUT2D eigenvalue weighted by atomic mass is 10.0. The molecule has 5 nitrogen and oxygen atoms in total. The van der Waals surface area contributed by atoms with Crippen molar-refractivity contribution < 1.29 is 23.0 Å². The first-order valence-electron chi connectivity index (χ1n) is 10.9. The van der Waals surface area contributed by atoms with E-state index in [9.17, 15) is 18.3 Å². The molecule has 4 aromatic rings. The van der Waals surface area contributed by atoms with Crippen molar-refractivity contribution in [2.24, 2.45) is 5.14 Å². The number of methoxy groups -OCH3 is 1. The lowest BCUT2D eigenvalue weighted by Gasteiger charge is -2.15. The van der Waals surface area contributed by atoms with E-state index in [-0.39, 0.29) is 5.56 Å². The molecule has 1 aliphatic rings. The predicted molar refractivity (Wildman–Crippen MR) is 134 cm³/mol. The van der Waals surface area contributed by atoms with Crippen LogP contribution in [0.2, 0.25) is 0 Å². The molecule has 0 amide bonds. The van der Waals surface area contributed by atoms with E-state index in [4.69, 9.17) is 9.88 Å². The number of hydrogen-bond donors (Lipinski definition) is 2. The molecule has 5 rings (SSSR count). The minimum atomic E-state index is -4.73. The van der Waals surface area contributed by atoms with Crippen LogP contribution < -0.4 is 9.88 Å². The van der Waals surface area contributed by atoms with Gasteiger partial charge in [0.05, 0.1) is 18.5 Å². The lowest BCUT2D eigenvalue weighted by molar-refractivity contribution is -0.206. The molecule has 1 atom stereocenters. The fraction of sp³-hybridized carbons (Fsp3) is 0.280. The van der Waals surface area contributed by atoms with Crippen LogP contribution in [0.15, 0.2) is 60.9 Å². The van der Waals surface area contributed by atoms with E-state index in [0.717, 1.165) is 25.9 Å². The third-order valence-corrected chi connectivity index (χ3v) is 7.45. The standard InChI is InChI=1S/C22H17F3N2O2S.C3H7NS/c1-29-19-6-3-8-26-18(19)12-15-10-13-4-2-5-16(20(13)30-15)17-11-14(7-9-27-17)21(28)22(23,24)25;4-5-3-1-2-3/h2-11,21,28H,12H2,1H3;3H,1-2,4H2/t21-;/m1./s1. The van der Waals surface area contributed by atoms with Gasteiger partial charge in [0, 0.05) is 39.2 Å². The molecule has 1 fully saturated rings. The van der Waals surface area contributed by atoms with Gasteiger partial charge in [-0.2, -0.15) is 13.2 Å². The van der Waals surface area contributed by atoms with Gasteiger partial charge in [0.25, 0.3) is 0 Å². The van der Waals surface area contributed by atoms with Crippen LogP contribution in [-0.2, 0) is 6.42 Å². The Kier molecular flexibility index (Phi) is 7.95. The van der Waals surface area contributed by atoms with E-state index in [1.54, 1.807) is 19.4 Å². The summed E-state index contributed by atoms with van der Waals surface area (Å²) in [5, 5.41) is 16.5. The zero-order chi connectivity index (χ0) is 25.0. The monoisotopic (exact) mass is 519 g/mol. The smallest absolute Gasteiger partial charge is 0.418 e. The first kappa shape index (κ1) is 25.4. The zero-order valence-electron chi connectivity index (χ0n) is 18.8. The van der Waals surface area contributed by atoms with Gasteiger partial charge in [-0.15, -0.1) is 11.3 Å². The molecule has 35 heavy (non-hydrogen) atoms. The highest BCUT2D eigenvalue weighted by atomic mass is 32.2. The molecule has 3 heterocycles. The highest BCUT2D eigenvalue weighted by Crippen LogP contribution is 2.38. The summed E-state index contributed by atoms with van der Waals surface area (Å²) in [6.45, 7) is 0. The van der Waals surface area contributed by atoms with Crippen LogP contribution in [0.4, 0.5) is 13.2 Å². The Bertz CT molecular complexity index is 1290. The third-order valence-electron chi connectivity index (χ3n) is 5.41. The number of halogens is 3. The molecule has 3 N–H and O–H groups in total.